The van der Waals surface area contributed by atoms with Gasteiger partial charge in [0.1, 0.15) is 65.0 Å². The first kappa shape index (κ1) is 99.8. The maximum atomic E-state index is 15.7. The zero-order chi connectivity index (χ0) is 89.4. The number of nitrogens with two attached hydrogens (primary N) is 3. The zero-order valence-corrected chi connectivity index (χ0v) is 72.1. The van der Waals surface area contributed by atoms with Crippen LogP contribution in [0.4, 0.5) is 0 Å². The summed E-state index contributed by atoms with van der Waals surface area (Å²) in [6, 6.07) is 8.73. The number of nitrogens with zero attached hydrogens (tertiary/aromatic N) is 1. The Morgan fingerprint density at radius 1 is 0.715 bits per heavy atom. The van der Waals surface area contributed by atoms with E-state index in [1.54, 1.807) is 0 Å². The van der Waals surface area contributed by atoms with Crippen LogP contribution in [0.1, 0.15) is 222 Å². The number of carbonyl (C=O) groups is 7. The van der Waals surface area contributed by atoms with Gasteiger partial charge in [-0.3, -0.25) is 28.8 Å². The number of halogens is 2. The number of likely N-dealkylation sites (N-methyl/N-ethyl adjacent to an activating group) is 1. The number of phenols is 3. The van der Waals surface area contributed by atoms with Gasteiger partial charge in [-0.1, -0.05) is 140 Å². The molecule has 7 heterocycles. The summed E-state index contributed by atoms with van der Waals surface area (Å²) in [5.74, 6) is -17.1. The second-order valence-electron chi connectivity index (χ2n) is 34.2. The quantitative estimate of drug-likeness (QED) is 0.0120. The predicted octanol–water partition coefficient (Wildman–Crippen LogP) is 9.91. The summed E-state index contributed by atoms with van der Waals surface area (Å²) >= 11 is 14.3. The summed E-state index contributed by atoms with van der Waals surface area (Å²) in [7, 11) is 6.20. The van der Waals surface area contributed by atoms with E-state index in [-0.39, 0.29) is 81.1 Å². The van der Waals surface area contributed by atoms with Crippen molar-refractivity contribution in [1.29, 1.82) is 0 Å². The molecule has 17 unspecified atom stereocenters. The number of fused-ring (bicyclic) bond motifs is 15. The first-order valence-corrected chi connectivity index (χ1v) is 42.8. The average molecular weight is 1760 g/mol. The van der Waals surface area contributed by atoms with Crippen molar-refractivity contribution < 1.29 is 118 Å². The Balaban J connectivity index is 0.000000751. The third-order valence-corrected chi connectivity index (χ3v) is 24.0. The van der Waals surface area contributed by atoms with Crippen LogP contribution in [0, 0.1) is 17.8 Å². The normalized spacial score (nSPS) is 26.4. The van der Waals surface area contributed by atoms with Gasteiger partial charge < -0.3 is 122 Å². The molecular formula is C90H127Cl2N8O23+. The van der Waals surface area contributed by atoms with E-state index in [1.807, 2.05) is 13.8 Å². The van der Waals surface area contributed by atoms with Gasteiger partial charge in [0.25, 0.3) is 0 Å². The van der Waals surface area contributed by atoms with Crippen LogP contribution in [-0.4, -0.2) is 211 Å². The number of phenolic OH excluding ortho intramolecular Hbond substituents is 3. The molecule has 2 fully saturated rings. The summed E-state index contributed by atoms with van der Waals surface area (Å²) in [6.45, 7) is 15.9. The number of amides is 4. The minimum Gasteiger partial charge on any atom is -0.508 e. The molecule has 18 atom stereocenters. The van der Waals surface area contributed by atoms with Gasteiger partial charge in [0.2, 0.25) is 35.7 Å². The van der Waals surface area contributed by atoms with Crippen molar-refractivity contribution in [3.05, 3.63) is 129 Å². The molecule has 5 aromatic rings. The van der Waals surface area contributed by atoms with E-state index in [4.69, 9.17) is 68.8 Å². The molecule has 7 aliphatic heterocycles. The number of primary amides is 1. The number of unbranched alkanes of at least 4 members (excludes halogenated alkanes) is 11. The number of carboxylic acids is 1. The third-order valence-electron chi connectivity index (χ3n) is 23.4. The Bertz CT molecular complexity index is 4490. The Morgan fingerprint density at radius 2 is 1.30 bits per heavy atom. The minimum absolute atomic E-state index is 0. The van der Waals surface area contributed by atoms with Gasteiger partial charge in [-0.15, -0.1) is 0 Å². The lowest BCUT2D eigenvalue weighted by Gasteiger charge is -2.47. The van der Waals surface area contributed by atoms with Crippen LogP contribution in [0.3, 0.4) is 0 Å². The molecule has 20 N–H and O–H groups in total. The molecule has 31 nitrogen and oxygen atoms in total. The Labute approximate surface area is 728 Å². The number of rotatable bonds is 29. The molecule has 7 aliphatic rings. The van der Waals surface area contributed by atoms with Gasteiger partial charge in [-0.25, -0.2) is 4.79 Å². The number of carboxylic acid groups (broad SMARTS) is 1. The largest absolute Gasteiger partial charge is 0.508 e. The highest BCUT2D eigenvalue weighted by Crippen LogP contribution is 2.52. The number of aliphatic hydroxyl groups excluding tert-OH is 6. The highest BCUT2D eigenvalue weighted by molar-refractivity contribution is 6.32. The van der Waals surface area contributed by atoms with E-state index in [1.165, 1.54) is 166 Å². The van der Waals surface area contributed by atoms with Crippen molar-refractivity contribution in [2.24, 2.45) is 35.0 Å². The number of hydrogen-bond donors (Lipinski definition) is 17. The van der Waals surface area contributed by atoms with Crippen LogP contribution in [0.5, 0.6) is 46.0 Å². The van der Waals surface area contributed by atoms with Crippen molar-refractivity contribution in [2.75, 3.05) is 47.4 Å². The standard InChI is InChI=1S/C70H80Cl2N6O23.C19H43N2.CH4/c1-27(2)13-42(75-6)67(93)78-57-46(84)18-34(21-52(73)85)65(91)76-55-28(3)14-36-30-7-10-43(81)37(15-30)54-38(22-35(80)23-45(54)83)56(68(94)95)77-66(92)39(24-44(36)82)58(86)31-8-11-47(40(71)16-31)97-49-19-33(55)20-50(98-48-12-9-32(59(57)87)17-41(48)72)62(49)101-69-63(61(89)60(88)51(26-79)99-69)100-53-25-70(5,74)64(90)29(4)96-53;1-4-5-6-7-8-9-10-11-12-13-14-15-18-21(2,3)19-16-17-20;/h7-12,15-17,19-20,22-23,27,29,34,36,39,42,51,53,55-61,63-64,69,75,79-81,83,86-90H,3,13-14,18,21,24-26,74H2,1-2,4-6H3,(H2,73,85)(H,76,91)(H,77,92)(H,78,93)(H,94,95);4-20H2,1-3H3;1H4/q;+1;/t29?,34?,36?,39-,42?,51?,53?,55?,56?,57?,58?,59?,60?,61?,63?,64?,69?,70?;;/m0../s1. The Kier molecular flexibility index (Phi) is 36.5. The number of quaternary nitrogens is 1. The lowest BCUT2D eigenvalue weighted by Crippen LogP contribution is -2.64. The molecule has 12 rings (SSSR count). The summed E-state index contributed by atoms with van der Waals surface area (Å²) in [5, 5.41) is 125. The van der Waals surface area contributed by atoms with Crippen LogP contribution in [0.25, 0.3) is 11.1 Å². The summed E-state index contributed by atoms with van der Waals surface area (Å²) < 4.78 is 39.9. The SMILES string of the molecule is C.C=C1CC2C(=O)C[C@H](C(=O)NC(C(=O)O)c3cc(O)cc(O)c3-c3cc2ccc3O)C(O)c2ccc(c(Cl)c2)Oc2cc3cc(c2OC2OC(CO)C(O)C(O)C2OC2CC(C)(N)C(O)C(C)O2)Oc2ccc(cc2Cl)C(O)C(NC(=O)C(CC(C)C)NC)C(=O)CC(CC(N)=O)C(=O)NC13.CCCCCCCCCCCCCC[N+](C)(C)CCCN. The van der Waals surface area contributed by atoms with E-state index in [0.717, 1.165) is 41.7 Å². The first-order chi connectivity index (χ1) is 57.8. The van der Waals surface area contributed by atoms with Crippen molar-refractivity contribution >= 4 is 64.4 Å². The number of aliphatic carboxylic acids is 1. The molecule has 11 bridgehead atoms. The highest BCUT2D eigenvalue weighted by Gasteiger charge is 2.52. The number of Topliss-reactive ketones (excluding diaryl/α,β-unsaturated/α-hetero) is 2. The molecule has 123 heavy (non-hydrogen) atoms. The second-order valence-corrected chi connectivity index (χ2v) is 35.0. The zero-order valence-electron chi connectivity index (χ0n) is 70.6. The molecule has 0 radical (unpaired) electrons. The second kappa shape index (κ2) is 45.0. The number of benzene rings is 5. The van der Waals surface area contributed by atoms with Crippen LogP contribution in [0.15, 0.2) is 91.0 Å². The molecule has 0 saturated carbocycles. The fourth-order valence-electron chi connectivity index (χ4n) is 16.4. The van der Waals surface area contributed by atoms with Crippen LogP contribution in [0.2, 0.25) is 10.0 Å². The first-order valence-electron chi connectivity index (χ1n) is 42.1. The number of carbonyl (C=O) groups excluding carboxylic acids is 6. The summed E-state index contributed by atoms with van der Waals surface area (Å²) in [6.07, 6.45) is -1.50. The summed E-state index contributed by atoms with van der Waals surface area (Å²) in [5.41, 5.74) is 14.9. The van der Waals surface area contributed by atoms with Crippen LogP contribution >= 0.6 is 23.2 Å². The van der Waals surface area contributed by atoms with E-state index in [2.05, 4.69) is 48.9 Å². The molecule has 4 amide bonds. The van der Waals surface area contributed by atoms with E-state index < -0.39 is 228 Å². The monoisotopic (exact) mass is 1760 g/mol. The van der Waals surface area contributed by atoms with Gasteiger partial charge in [0.05, 0.1) is 86.1 Å². The van der Waals surface area contributed by atoms with Gasteiger partial charge in [0.15, 0.2) is 35.7 Å². The topological polar surface area (TPSA) is 503 Å². The number of nitrogens with one attached hydrogen (secondary N) is 4. The van der Waals surface area contributed by atoms with E-state index >= 15 is 14.4 Å². The van der Waals surface area contributed by atoms with Crippen molar-refractivity contribution in [3.63, 3.8) is 0 Å². The minimum atomic E-state index is -2.15. The molecular weight excluding hydrogens is 1630 g/mol. The van der Waals surface area contributed by atoms with Gasteiger partial charge in [0, 0.05) is 66.3 Å². The van der Waals surface area contributed by atoms with E-state index in [9.17, 15) is 70.2 Å². The maximum absolute atomic E-state index is 15.7. The predicted molar refractivity (Wildman–Crippen MR) is 461 cm³/mol. The smallest absolute Gasteiger partial charge is 0.330 e. The molecule has 0 spiro atoms. The van der Waals surface area contributed by atoms with Gasteiger partial charge in [-0.05, 0) is 141 Å². The lowest BCUT2D eigenvalue weighted by atomic mass is 9.79. The molecule has 0 aliphatic carbocycles. The molecule has 678 valence electrons. The molecule has 2 saturated heterocycles. The van der Waals surface area contributed by atoms with E-state index in [0.29, 0.717) is 0 Å². The van der Waals surface area contributed by atoms with Crippen molar-refractivity contribution in [1.82, 2.24) is 21.3 Å². The van der Waals surface area contributed by atoms with Crippen molar-refractivity contribution in [2.45, 2.75) is 261 Å². The highest BCUT2D eigenvalue weighted by atomic mass is 35.5. The average Bonchev–Trinajstić information content (AvgIpc) is 0.764. The molecule has 0 aromatic heterocycles. The Morgan fingerprint density at radius 3 is 1.85 bits per heavy atom. The number of ether oxygens (including phenoxy) is 6. The number of hydrogen-bond acceptors (Lipinski definition) is 25. The van der Waals surface area contributed by atoms with Gasteiger partial charge >= 0.3 is 5.97 Å². The molecule has 33 heteroatoms. The summed E-state index contributed by atoms with van der Waals surface area (Å²) in [4.78, 5) is 102. The van der Waals surface area contributed by atoms with Gasteiger partial charge in [-0.2, -0.15) is 0 Å². The molecule has 5 aromatic carbocycles. The van der Waals surface area contributed by atoms with Crippen LogP contribution in [-0.2, 0) is 47.8 Å². The number of ketones is 2. The number of aromatic hydroxyl groups is 3. The number of aliphatic hydroxyl groups is 6. The fraction of sp³-hybridized carbons (Fsp3) is 0.567. The Hall–Kier alpha value is -8.61. The third kappa shape index (κ3) is 25.8. The maximum Gasteiger partial charge on any atom is 0.330 e. The van der Waals surface area contributed by atoms with Crippen LogP contribution < -0.4 is 52.7 Å². The fourth-order valence-corrected chi connectivity index (χ4v) is 16.9. The lowest BCUT2D eigenvalue weighted by molar-refractivity contribution is -0.890. The van der Waals surface area contributed by atoms with Crippen molar-refractivity contribution in [3.8, 4) is 57.1 Å².